The number of carbonyl (C=O) groups excluding carboxylic acids is 1. The summed E-state index contributed by atoms with van der Waals surface area (Å²) >= 11 is 11.8. The Morgan fingerprint density at radius 2 is 1.95 bits per heavy atom. The summed E-state index contributed by atoms with van der Waals surface area (Å²) in [6.07, 6.45) is 0. The maximum Gasteiger partial charge on any atom is 0.258 e. The number of aryl methyl sites for hydroxylation is 1. The van der Waals surface area contributed by atoms with Gasteiger partial charge in [0.2, 0.25) is 0 Å². The van der Waals surface area contributed by atoms with Gasteiger partial charge in [0.15, 0.2) is 0 Å². The van der Waals surface area contributed by atoms with Crippen LogP contribution in [-0.4, -0.2) is 5.91 Å². The van der Waals surface area contributed by atoms with Crippen molar-refractivity contribution in [2.24, 2.45) is 0 Å². The van der Waals surface area contributed by atoms with Crippen LogP contribution < -0.4 is 5.32 Å². The van der Waals surface area contributed by atoms with Gasteiger partial charge in [-0.3, -0.25) is 4.79 Å². The topological polar surface area (TPSA) is 29.1 Å². The van der Waals surface area contributed by atoms with E-state index in [1.165, 1.54) is 12.1 Å². The molecule has 2 aromatic rings. The van der Waals surface area contributed by atoms with Crippen LogP contribution in [0.4, 0.5) is 10.1 Å². The summed E-state index contributed by atoms with van der Waals surface area (Å²) in [7, 11) is 0. The first-order valence-electron chi connectivity index (χ1n) is 5.50. The molecule has 0 aromatic heterocycles. The fourth-order valence-corrected chi connectivity index (χ4v) is 1.95. The Hall–Kier alpha value is -1.58. The van der Waals surface area contributed by atoms with Gasteiger partial charge in [-0.1, -0.05) is 40.9 Å². The Morgan fingerprint density at radius 3 is 2.68 bits per heavy atom. The molecule has 1 amide bonds. The molecule has 2 rings (SSSR count). The fourth-order valence-electron chi connectivity index (χ4n) is 1.60. The third kappa shape index (κ3) is 3.06. The van der Waals surface area contributed by atoms with Crippen LogP contribution in [0.1, 0.15) is 15.9 Å². The molecule has 98 valence electrons. The predicted molar refractivity (Wildman–Crippen MR) is 75.6 cm³/mol. The second kappa shape index (κ2) is 5.59. The first-order valence-corrected chi connectivity index (χ1v) is 6.26. The highest BCUT2D eigenvalue weighted by molar-refractivity contribution is 6.44. The maximum absolute atomic E-state index is 13.6. The standard InChI is InChI=1S/C14H10Cl2FNO/c1-8-5-6-11(17)9(7-8)14(19)18-12-4-2-3-10(15)13(12)16/h2-7H,1H3,(H,18,19). The van der Waals surface area contributed by atoms with Gasteiger partial charge in [-0.2, -0.15) is 0 Å². The van der Waals surface area contributed by atoms with Crippen LogP contribution in [0.5, 0.6) is 0 Å². The van der Waals surface area contributed by atoms with E-state index in [-0.39, 0.29) is 10.6 Å². The van der Waals surface area contributed by atoms with Crippen molar-refractivity contribution in [1.29, 1.82) is 0 Å². The number of nitrogens with one attached hydrogen (secondary N) is 1. The molecular weight excluding hydrogens is 288 g/mol. The summed E-state index contributed by atoms with van der Waals surface area (Å²) in [6, 6.07) is 9.18. The molecule has 0 saturated heterocycles. The average Bonchev–Trinajstić information content (AvgIpc) is 2.38. The molecule has 0 aliphatic carbocycles. The van der Waals surface area contributed by atoms with Crippen LogP contribution in [0.2, 0.25) is 10.0 Å². The molecule has 0 unspecified atom stereocenters. The van der Waals surface area contributed by atoms with Gasteiger partial charge in [0, 0.05) is 0 Å². The van der Waals surface area contributed by atoms with E-state index in [4.69, 9.17) is 23.2 Å². The lowest BCUT2D eigenvalue weighted by Crippen LogP contribution is -2.14. The third-order valence-corrected chi connectivity index (χ3v) is 3.39. The van der Waals surface area contributed by atoms with E-state index in [2.05, 4.69) is 5.32 Å². The number of amides is 1. The quantitative estimate of drug-likeness (QED) is 0.856. The molecule has 1 N–H and O–H groups in total. The van der Waals surface area contributed by atoms with Crippen LogP contribution >= 0.6 is 23.2 Å². The highest BCUT2D eigenvalue weighted by Crippen LogP contribution is 2.30. The van der Waals surface area contributed by atoms with Crippen LogP contribution in [-0.2, 0) is 0 Å². The van der Waals surface area contributed by atoms with Gasteiger partial charge in [-0.25, -0.2) is 4.39 Å². The third-order valence-electron chi connectivity index (χ3n) is 2.57. The molecule has 0 heterocycles. The van der Waals surface area contributed by atoms with E-state index in [9.17, 15) is 9.18 Å². The molecule has 0 bridgehead atoms. The van der Waals surface area contributed by atoms with E-state index >= 15 is 0 Å². The summed E-state index contributed by atoms with van der Waals surface area (Å²) in [5.74, 6) is -1.15. The molecule has 0 aliphatic rings. The minimum Gasteiger partial charge on any atom is -0.320 e. The molecule has 0 radical (unpaired) electrons. The molecule has 0 aliphatic heterocycles. The zero-order valence-electron chi connectivity index (χ0n) is 10.0. The Labute approximate surface area is 120 Å². The smallest absolute Gasteiger partial charge is 0.258 e. The average molecular weight is 298 g/mol. The second-order valence-electron chi connectivity index (χ2n) is 4.04. The Morgan fingerprint density at radius 1 is 1.21 bits per heavy atom. The van der Waals surface area contributed by atoms with Crippen molar-refractivity contribution in [3.63, 3.8) is 0 Å². The number of anilines is 1. The van der Waals surface area contributed by atoms with Gasteiger partial charge in [-0.05, 0) is 31.2 Å². The highest BCUT2D eigenvalue weighted by atomic mass is 35.5. The minimum atomic E-state index is -0.582. The summed E-state index contributed by atoms with van der Waals surface area (Å²) in [6.45, 7) is 1.78. The van der Waals surface area contributed by atoms with Crippen LogP contribution in [0.15, 0.2) is 36.4 Å². The van der Waals surface area contributed by atoms with Crippen LogP contribution in [0, 0.1) is 12.7 Å². The van der Waals surface area contributed by atoms with E-state index in [0.717, 1.165) is 5.56 Å². The summed E-state index contributed by atoms with van der Waals surface area (Å²) < 4.78 is 13.6. The van der Waals surface area contributed by atoms with Crippen molar-refractivity contribution < 1.29 is 9.18 Å². The Bertz CT molecular complexity index is 643. The van der Waals surface area contributed by atoms with E-state index in [1.54, 1.807) is 31.2 Å². The largest absolute Gasteiger partial charge is 0.320 e. The number of hydrogen-bond acceptors (Lipinski definition) is 1. The summed E-state index contributed by atoms with van der Waals surface area (Å²) in [5, 5.41) is 3.09. The predicted octanol–water partition coefficient (Wildman–Crippen LogP) is 4.69. The normalized spacial score (nSPS) is 10.3. The molecule has 0 atom stereocenters. The lowest BCUT2D eigenvalue weighted by molar-refractivity contribution is 0.102. The highest BCUT2D eigenvalue weighted by Gasteiger charge is 2.14. The summed E-state index contributed by atoms with van der Waals surface area (Å²) in [5.41, 5.74) is 1.11. The Kier molecular flexibility index (Phi) is 4.08. The van der Waals surface area contributed by atoms with Gasteiger partial charge in [0.05, 0.1) is 21.3 Å². The van der Waals surface area contributed by atoms with Crippen molar-refractivity contribution >= 4 is 34.8 Å². The maximum atomic E-state index is 13.6. The molecule has 2 aromatic carbocycles. The summed E-state index contributed by atoms with van der Waals surface area (Å²) in [4.78, 5) is 12.0. The number of rotatable bonds is 2. The van der Waals surface area contributed by atoms with Gasteiger partial charge in [0.1, 0.15) is 5.82 Å². The molecule has 2 nitrogen and oxygen atoms in total. The first kappa shape index (κ1) is 13.8. The van der Waals surface area contributed by atoms with Crippen molar-refractivity contribution in [1.82, 2.24) is 0 Å². The SMILES string of the molecule is Cc1ccc(F)c(C(=O)Nc2cccc(Cl)c2Cl)c1. The van der Waals surface area contributed by atoms with Crippen LogP contribution in [0.25, 0.3) is 0 Å². The van der Waals surface area contributed by atoms with E-state index in [1.807, 2.05) is 0 Å². The van der Waals surface area contributed by atoms with E-state index < -0.39 is 11.7 Å². The number of benzene rings is 2. The minimum absolute atomic E-state index is 0.0314. The van der Waals surface area contributed by atoms with Crippen LogP contribution in [0.3, 0.4) is 0 Å². The number of halogens is 3. The van der Waals surface area contributed by atoms with Crippen molar-refractivity contribution in [3.05, 3.63) is 63.4 Å². The molecule has 19 heavy (non-hydrogen) atoms. The zero-order chi connectivity index (χ0) is 14.0. The van der Waals surface area contributed by atoms with Crippen molar-refractivity contribution in [3.8, 4) is 0 Å². The molecule has 0 fully saturated rings. The molecule has 5 heteroatoms. The van der Waals surface area contributed by atoms with Gasteiger partial charge >= 0.3 is 0 Å². The first-order chi connectivity index (χ1) is 8.99. The molecular formula is C14H10Cl2FNO. The second-order valence-corrected chi connectivity index (χ2v) is 4.82. The number of hydrogen-bond donors (Lipinski definition) is 1. The fraction of sp³-hybridized carbons (Fsp3) is 0.0714. The lowest BCUT2D eigenvalue weighted by atomic mass is 10.1. The zero-order valence-corrected chi connectivity index (χ0v) is 11.5. The molecule has 0 saturated carbocycles. The van der Waals surface area contributed by atoms with E-state index in [0.29, 0.717) is 10.7 Å². The molecule has 0 spiro atoms. The monoisotopic (exact) mass is 297 g/mol. The van der Waals surface area contributed by atoms with Crippen molar-refractivity contribution in [2.75, 3.05) is 5.32 Å². The van der Waals surface area contributed by atoms with Gasteiger partial charge in [0.25, 0.3) is 5.91 Å². The lowest BCUT2D eigenvalue weighted by Gasteiger charge is -2.09. The van der Waals surface area contributed by atoms with Gasteiger partial charge < -0.3 is 5.32 Å². The van der Waals surface area contributed by atoms with Crippen molar-refractivity contribution in [2.45, 2.75) is 6.92 Å². The van der Waals surface area contributed by atoms with Gasteiger partial charge in [-0.15, -0.1) is 0 Å². The number of carbonyl (C=O) groups is 1. The Balaban J connectivity index is 2.31.